The maximum atomic E-state index is 13.2. The molecule has 0 radical (unpaired) electrons. The Morgan fingerprint density at radius 1 is 1.09 bits per heavy atom. The monoisotopic (exact) mass is 496 g/mol. The van der Waals surface area contributed by atoms with Crippen molar-refractivity contribution in [1.29, 1.82) is 0 Å². The Bertz CT molecular complexity index is 1260. The second kappa shape index (κ2) is 9.64. The van der Waals surface area contributed by atoms with Crippen molar-refractivity contribution >= 4 is 45.5 Å². The molecule has 3 aromatic rings. The average Bonchev–Trinajstić information content (AvgIpc) is 3.24. The van der Waals surface area contributed by atoms with Crippen molar-refractivity contribution in [2.75, 3.05) is 13.6 Å². The van der Waals surface area contributed by atoms with Crippen LogP contribution in [0.3, 0.4) is 0 Å². The smallest absolute Gasteiger partial charge is 0.280 e. The van der Waals surface area contributed by atoms with E-state index in [9.17, 15) is 9.59 Å². The number of rotatable bonds is 4. The van der Waals surface area contributed by atoms with E-state index in [0.29, 0.717) is 15.6 Å². The van der Waals surface area contributed by atoms with E-state index in [1.807, 2.05) is 37.3 Å². The van der Waals surface area contributed by atoms with Gasteiger partial charge in [-0.2, -0.15) is 0 Å². The molecule has 6 nitrogen and oxygen atoms in total. The van der Waals surface area contributed by atoms with E-state index in [4.69, 9.17) is 11.6 Å². The molecule has 0 bridgehead atoms. The fraction of sp³-hybridized carbons (Fsp3) is 0.423. The Morgan fingerprint density at radius 2 is 1.82 bits per heavy atom. The van der Waals surface area contributed by atoms with E-state index >= 15 is 0 Å². The third-order valence-corrected chi connectivity index (χ3v) is 8.22. The minimum Gasteiger partial charge on any atom is -0.347 e. The molecule has 0 spiro atoms. The summed E-state index contributed by atoms with van der Waals surface area (Å²) in [4.78, 5) is 34.2. The zero-order chi connectivity index (χ0) is 23.8. The van der Waals surface area contributed by atoms with Crippen LogP contribution in [0.25, 0.3) is 10.8 Å². The summed E-state index contributed by atoms with van der Waals surface area (Å²) < 4.78 is 0. The second-order valence-electron chi connectivity index (χ2n) is 9.48. The van der Waals surface area contributed by atoms with Gasteiger partial charge < -0.3 is 15.5 Å². The first-order chi connectivity index (χ1) is 16.4. The molecule has 178 valence electrons. The van der Waals surface area contributed by atoms with Gasteiger partial charge in [0.15, 0.2) is 5.01 Å². The maximum absolute atomic E-state index is 13.2. The van der Waals surface area contributed by atoms with Gasteiger partial charge in [-0.05, 0) is 67.4 Å². The van der Waals surface area contributed by atoms with Crippen molar-refractivity contribution < 1.29 is 9.59 Å². The number of benzene rings is 2. The molecule has 5 rings (SSSR count). The Kier molecular flexibility index (Phi) is 6.60. The molecule has 8 heteroatoms. The Hall–Kier alpha value is -2.48. The van der Waals surface area contributed by atoms with Gasteiger partial charge in [0.05, 0.1) is 5.69 Å². The number of aryl methyl sites for hydroxylation is 1. The minimum absolute atomic E-state index is 0.103. The third-order valence-electron chi connectivity index (χ3n) is 6.90. The molecular weight excluding hydrogens is 468 g/mol. The number of carbonyl (C=O) groups is 2. The van der Waals surface area contributed by atoms with Crippen LogP contribution in [0.2, 0.25) is 5.02 Å². The van der Waals surface area contributed by atoms with Gasteiger partial charge in [0, 0.05) is 47.1 Å². The van der Waals surface area contributed by atoms with Crippen LogP contribution in [0.1, 0.15) is 62.0 Å². The Balaban J connectivity index is 1.29. The summed E-state index contributed by atoms with van der Waals surface area (Å²) in [5.74, 6) is -0.245. The van der Waals surface area contributed by atoms with Gasteiger partial charge in [-0.25, -0.2) is 4.98 Å². The number of nitrogens with zero attached hydrogens (tertiary/aromatic N) is 2. The fourth-order valence-corrected chi connectivity index (χ4v) is 6.29. The second-order valence-corrected chi connectivity index (χ2v) is 11.0. The molecule has 2 N–H and O–H groups in total. The van der Waals surface area contributed by atoms with Crippen LogP contribution in [0.15, 0.2) is 30.3 Å². The summed E-state index contributed by atoms with van der Waals surface area (Å²) in [5, 5.41) is 9.62. The molecule has 2 atom stereocenters. The number of thiazole rings is 1. The predicted molar refractivity (Wildman–Crippen MR) is 137 cm³/mol. The highest BCUT2D eigenvalue weighted by Crippen LogP contribution is 2.27. The molecule has 1 aliphatic heterocycles. The number of aromatic nitrogens is 1. The molecule has 2 aliphatic rings. The lowest BCUT2D eigenvalue weighted by Gasteiger charge is -2.32. The third kappa shape index (κ3) is 4.83. The maximum Gasteiger partial charge on any atom is 0.280 e. The number of amides is 2. The SMILES string of the molecule is Cc1cc(C(=O)N[C@H]2CCCC[C@H]2NC(=O)c2nc3c(s2)CN(C)CC3)cc2ccc(Cl)cc12. The molecule has 1 aliphatic carbocycles. The van der Waals surface area contributed by atoms with Gasteiger partial charge in [0.25, 0.3) is 11.8 Å². The van der Waals surface area contributed by atoms with Gasteiger partial charge in [-0.3, -0.25) is 9.59 Å². The first-order valence-electron chi connectivity index (χ1n) is 11.9. The summed E-state index contributed by atoms with van der Waals surface area (Å²) in [5.41, 5.74) is 2.69. The lowest BCUT2D eigenvalue weighted by molar-refractivity contribution is 0.0862. The van der Waals surface area contributed by atoms with Crippen molar-refractivity contribution in [3.63, 3.8) is 0 Å². The lowest BCUT2D eigenvalue weighted by atomic mass is 9.90. The Morgan fingerprint density at radius 3 is 2.59 bits per heavy atom. The standard InChI is InChI=1S/C26H29ClN4O2S/c1-15-11-17(12-16-7-8-18(27)13-19(15)16)24(32)28-20-5-3-4-6-21(20)29-25(33)26-30-22-9-10-31(2)14-23(22)34-26/h7-8,11-13,20-21H,3-6,9-10,14H2,1-2H3,(H,28,32)(H,29,33)/t20-,21+/m0/s1. The molecule has 2 aromatic carbocycles. The number of nitrogens with one attached hydrogen (secondary N) is 2. The van der Waals surface area contributed by atoms with E-state index in [2.05, 4.69) is 27.6 Å². The quantitative estimate of drug-likeness (QED) is 0.548. The van der Waals surface area contributed by atoms with Crippen LogP contribution in [0, 0.1) is 6.92 Å². The van der Waals surface area contributed by atoms with Crippen LogP contribution in [0.4, 0.5) is 0 Å². The summed E-state index contributed by atoms with van der Waals surface area (Å²) in [6.07, 6.45) is 4.64. The van der Waals surface area contributed by atoms with Crippen molar-refractivity contribution in [2.45, 2.75) is 57.7 Å². The zero-order valence-corrected chi connectivity index (χ0v) is 21.1. The number of fused-ring (bicyclic) bond motifs is 2. The predicted octanol–water partition coefficient (Wildman–Crippen LogP) is 4.72. The summed E-state index contributed by atoms with van der Waals surface area (Å²) in [6, 6.07) is 9.31. The number of likely N-dealkylation sites (N-methyl/N-ethyl adjacent to an activating group) is 1. The van der Waals surface area contributed by atoms with Crippen molar-refractivity contribution in [3.05, 3.63) is 62.1 Å². The van der Waals surface area contributed by atoms with Crippen molar-refractivity contribution in [2.24, 2.45) is 0 Å². The first kappa shape index (κ1) is 23.3. The van der Waals surface area contributed by atoms with Gasteiger partial charge in [0.1, 0.15) is 0 Å². The van der Waals surface area contributed by atoms with Gasteiger partial charge in [-0.15, -0.1) is 11.3 Å². The van der Waals surface area contributed by atoms with E-state index in [0.717, 1.165) is 67.2 Å². The number of hydrogen-bond donors (Lipinski definition) is 2. The number of halogens is 1. The topological polar surface area (TPSA) is 74.3 Å². The highest BCUT2D eigenvalue weighted by Gasteiger charge is 2.30. The minimum atomic E-state index is -0.133. The molecule has 0 unspecified atom stereocenters. The average molecular weight is 497 g/mol. The largest absolute Gasteiger partial charge is 0.347 e. The molecule has 1 fully saturated rings. The number of carbonyl (C=O) groups excluding carboxylic acids is 2. The highest BCUT2D eigenvalue weighted by atomic mass is 35.5. The van der Waals surface area contributed by atoms with Crippen molar-refractivity contribution in [1.82, 2.24) is 20.5 Å². The summed E-state index contributed by atoms with van der Waals surface area (Å²) in [7, 11) is 2.09. The molecule has 2 amide bonds. The highest BCUT2D eigenvalue weighted by molar-refractivity contribution is 7.13. The molecule has 2 heterocycles. The van der Waals surface area contributed by atoms with Crippen LogP contribution in [-0.4, -0.2) is 47.4 Å². The van der Waals surface area contributed by atoms with Crippen LogP contribution in [-0.2, 0) is 13.0 Å². The number of hydrogen-bond acceptors (Lipinski definition) is 5. The van der Waals surface area contributed by atoms with E-state index in [-0.39, 0.29) is 23.9 Å². The summed E-state index contributed by atoms with van der Waals surface area (Å²) >= 11 is 7.63. The first-order valence-corrected chi connectivity index (χ1v) is 13.1. The molecule has 1 saturated carbocycles. The molecular formula is C26H29ClN4O2S. The van der Waals surface area contributed by atoms with Crippen LogP contribution >= 0.6 is 22.9 Å². The van der Waals surface area contributed by atoms with Gasteiger partial charge in [0.2, 0.25) is 0 Å². The van der Waals surface area contributed by atoms with Crippen molar-refractivity contribution in [3.8, 4) is 0 Å². The molecule has 0 saturated heterocycles. The Labute approximate surface area is 208 Å². The van der Waals surface area contributed by atoms with E-state index < -0.39 is 0 Å². The van der Waals surface area contributed by atoms with Gasteiger partial charge >= 0.3 is 0 Å². The van der Waals surface area contributed by atoms with E-state index in [1.165, 1.54) is 16.2 Å². The van der Waals surface area contributed by atoms with Gasteiger partial charge in [-0.1, -0.05) is 30.5 Å². The normalized spacial score (nSPS) is 20.7. The molecule has 34 heavy (non-hydrogen) atoms. The summed E-state index contributed by atoms with van der Waals surface area (Å²) in [6.45, 7) is 3.81. The lowest BCUT2D eigenvalue weighted by Crippen LogP contribution is -2.53. The van der Waals surface area contributed by atoms with E-state index in [1.54, 1.807) is 0 Å². The van der Waals surface area contributed by atoms with Crippen LogP contribution in [0.5, 0.6) is 0 Å². The fourth-order valence-electron chi connectivity index (χ4n) is 5.03. The molecule has 1 aromatic heterocycles. The zero-order valence-electron chi connectivity index (χ0n) is 19.5. The van der Waals surface area contributed by atoms with Crippen LogP contribution < -0.4 is 10.6 Å².